The Morgan fingerprint density at radius 2 is 1.97 bits per heavy atom. The number of nitrogens with one attached hydrogen (secondary N) is 2. The molecule has 0 spiro atoms. The second-order valence-corrected chi connectivity index (χ2v) is 12.1. The first-order valence-electron chi connectivity index (χ1n) is 11.0. The highest BCUT2D eigenvalue weighted by atomic mass is 32.5. The Morgan fingerprint density at radius 1 is 1.31 bits per heavy atom. The molecule has 0 aliphatic carbocycles. The average Bonchev–Trinajstić information content (AvgIpc) is 3.22. The second kappa shape index (κ2) is 10.9. The van der Waals surface area contributed by atoms with Crippen LogP contribution in [-0.2, 0) is 44.6 Å². The predicted molar refractivity (Wildman–Crippen MR) is 126 cm³/mol. The van der Waals surface area contributed by atoms with Gasteiger partial charge >= 0.3 is 11.7 Å². The lowest BCUT2D eigenvalue weighted by Crippen LogP contribution is -2.45. The van der Waals surface area contributed by atoms with Gasteiger partial charge in [0.05, 0.1) is 25.9 Å². The van der Waals surface area contributed by atoms with Crippen molar-refractivity contribution in [3.8, 4) is 0 Å². The minimum atomic E-state index is -3.35. The smallest absolute Gasteiger partial charge is 0.330 e. The van der Waals surface area contributed by atoms with E-state index in [0.717, 1.165) is 0 Å². The Morgan fingerprint density at radius 3 is 2.54 bits per heavy atom. The summed E-state index contributed by atoms with van der Waals surface area (Å²) in [5, 5.41) is 12.9. The molecule has 2 fully saturated rings. The number of carbonyl (C=O) groups is 1. The van der Waals surface area contributed by atoms with E-state index in [1.165, 1.54) is 30.9 Å². The number of aromatic amines is 1. The van der Waals surface area contributed by atoms with Gasteiger partial charge in [0.1, 0.15) is 24.4 Å². The molecule has 0 saturated carbocycles. The van der Waals surface area contributed by atoms with Crippen molar-refractivity contribution in [2.45, 2.75) is 83.2 Å². The number of aliphatic hydroxyl groups is 1. The molecule has 7 atom stereocenters. The standard InChI is InChI=1S/C20H32N3O10PS/c1-10(2)33-34(35,22-14(11(3)24)18(26)28-6)29-9-12-15-16(32-20(4,5)31-15)17(30-12)23-8-7-13(25)21-19(23)27/h7-8,10-12,14-17,24H,9H2,1-6H3,(H,22,35)(H,21,25,27)/t11?,12-,14?,15-,16-,17-,34?/m1/s1. The fraction of sp³-hybridized carbons (Fsp3) is 0.750. The number of hydrogen-bond donors (Lipinski definition) is 3. The normalized spacial score (nSPS) is 28.9. The molecule has 35 heavy (non-hydrogen) atoms. The van der Waals surface area contributed by atoms with E-state index in [1.54, 1.807) is 27.7 Å². The molecule has 13 nitrogen and oxygen atoms in total. The van der Waals surface area contributed by atoms with Gasteiger partial charge in [-0.25, -0.2) is 9.88 Å². The number of fused-ring (bicyclic) bond motifs is 1. The van der Waals surface area contributed by atoms with Crippen LogP contribution in [0.25, 0.3) is 0 Å². The highest BCUT2D eigenvalue weighted by Crippen LogP contribution is 2.49. The summed E-state index contributed by atoms with van der Waals surface area (Å²) in [6.45, 7) is 4.88. The van der Waals surface area contributed by atoms with Crippen LogP contribution in [0.4, 0.5) is 0 Å². The number of aromatic nitrogens is 2. The molecule has 3 N–H and O–H groups in total. The summed E-state index contributed by atoms with van der Waals surface area (Å²) in [4.78, 5) is 38.2. The zero-order valence-electron chi connectivity index (χ0n) is 20.3. The van der Waals surface area contributed by atoms with Crippen molar-refractivity contribution in [1.29, 1.82) is 0 Å². The molecule has 0 aromatic carbocycles. The zero-order chi connectivity index (χ0) is 26.1. The molecule has 3 rings (SSSR count). The summed E-state index contributed by atoms with van der Waals surface area (Å²) < 4.78 is 35.8. The van der Waals surface area contributed by atoms with Crippen LogP contribution < -0.4 is 16.3 Å². The Kier molecular flexibility index (Phi) is 8.73. The van der Waals surface area contributed by atoms with Gasteiger partial charge in [-0.1, -0.05) is 0 Å². The van der Waals surface area contributed by atoms with Gasteiger partial charge < -0.3 is 33.1 Å². The highest BCUT2D eigenvalue weighted by Gasteiger charge is 2.56. The van der Waals surface area contributed by atoms with Crippen molar-refractivity contribution in [1.82, 2.24) is 14.6 Å². The first-order chi connectivity index (χ1) is 16.2. The number of esters is 1. The monoisotopic (exact) mass is 537 g/mol. The Balaban J connectivity index is 1.83. The van der Waals surface area contributed by atoms with E-state index in [9.17, 15) is 19.5 Å². The highest BCUT2D eigenvalue weighted by molar-refractivity contribution is 8.09. The van der Waals surface area contributed by atoms with Crippen LogP contribution in [-0.4, -0.2) is 76.7 Å². The molecule has 3 heterocycles. The average molecular weight is 538 g/mol. The topological polar surface area (TPSA) is 160 Å². The van der Waals surface area contributed by atoms with Gasteiger partial charge in [0, 0.05) is 12.3 Å². The Bertz CT molecular complexity index is 1070. The van der Waals surface area contributed by atoms with Crippen molar-refractivity contribution < 1.29 is 37.9 Å². The summed E-state index contributed by atoms with van der Waals surface area (Å²) in [6.07, 6.45) is -3.15. The molecular weight excluding hydrogens is 505 g/mol. The quantitative estimate of drug-likeness (QED) is 0.274. The lowest BCUT2D eigenvalue weighted by molar-refractivity contribution is -0.200. The largest absolute Gasteiger partial charge is 0.468 e. The van der Waals surface area contributed by atoms with Crippen LogP contribution in [0, 0.1) is 0 Å². The van der Waals surface area contributed by atoms with Gasteiger partial charge in [0.2, 0.25) is 0 Å². The molecule has 0 amide bonds. The molecular formula is C20H32N3O10PS. The number of ether oxygens (including phenoxy) is 4. The van der Waals surface area contributed by atoms with Crippen LogP contribution in [0.15, 0.2) is 21.9 Å². The van der Waals surface area contributed by atoms with Gasteiger partial charge in [-0.15, -0.1) is 0 Å². The fourth-order valence-electron chi connectivity index (χ4n) is 3.85. The first kappa shape index (κ1) is 28.1. The van der Waals surface area contributed by atoms with Gasteiger partial charge in [0.25, 0.3) is 12.2 Å². The van der Waals surface area contributed by atoms with E-state index in [1.807, 2.05) is 0 Å². The maximum atomic E-state index is 12.4. The SMILES string of the molecule is COC(=O)C(NP(=S)(OC[C@H]1O[C@@H](n2ccc(=O)[nH]c2=O)[C@@H]2OC(C)(C)O[C@@H]21)OC(C)C)C(C)O. The van der Waals surface area contributed by atoms with E-state index < -0.39 is 66.3 Å². The van der Waals surface area contributed by atoms with Crippen molar-refractivity contribution in [2.75, 3.05) is 13.7 Å². The minimum Gasteiger partial charge on any atom is -0.468 e. The molecule has 3 unspecified atom stereocenters. The molecule has 2 aliphatic rings. The van der Waals surface area contributed by atoms with Crippen molar-refractivity contribution in [3.63, 3.8) is 0 Å². The Labute approximate surface area is 207 Å². The van der Waals surface area contributed by atoms with E-state index >= 15 is 0 Å². The van der Waals surface area contributed by atoms with E-state index in [4.69, 9.17) is 39.8 Å². The summed E-state index contributed by atoms with van der Waals surface area (Å²) in [7, 11) is 1.19. The lowest BCUT2D eigenvalue weighted by Gasteiger charge is -2.31. The summed E-state index contributed by atoms with van der Waals surface area (Å²) in [5.41, 5.74) is -1.20. The van der Waals surface area contributed by atoms with Crippen LogP contribution >= 0.6 is 6.64 Å². The van der Waals surface area contributed by atoms with E-state index in [2.05, 4.69) is 10.1 Å². The van der Waals surface area contributed by atoms with Gasteiger partial charge in [-0.05, 0) is 46.4 Å². The van der Waals surface area contributed by atoms with E-state index in [0.29, 0.717) is 0 Å². The van der Waals surface area contributed by atoms with Gasteiger partial charge in [-0.3, -0.25) is 19.1 Å². The van der Waals surface area contributed by atoms with Crippen LogP contribution in [0.2, 0.25) is 0 Å². The zero-order valence-corrected chi connectivity index (χ0v) is 22.0. The van der Waals surface area contributed by atoms with E-state index in [-0.39, 0.29) is 12.7 Å². The maximum absolute atomic E-state index is 12.4. The molecule has 198 valence electrons. The molecule has 1 aromatic heterocycles. The number of carbonyl (C=O) groups excluding carboxylic acids is 1. The van der Waals surface area contributed by atoms with Crippen molar-refractivity contribution >= 4 is 24.4 Å². The van der Waals surface area contributed by atoms with Gasteiger partial charge in [0.15, 0.2) is 12.0 Å². The molecule has 0 radical (unpaired) electrons. The molecule has 2 aliphatic heterocycles. The van der Waals surface area contributed by atoms with Crippen molar-refractivity contribution in [3.05, 3.63) is 33.1 Å². The Hall–Kier alpha value is -1.48. The fourth-order valence-corrected chi connectivity index (χ4v) is 6.64. The number of methoxy groups -OCH3 is 1. The number of rotatable bonds is 10. The predicted octanol–water partition coefficient (Wildman–Crippen LogP) is 0.132. The summed E-state index contributed by atoms with van der Waals surface area (Å²) in [6, 6.07) is 0.0209. The number of H-pyrrole nitrogens is 1. The number of hydrogen-bond acceptors (Lipinski definition) is 11. The number of aliphatic hydroxyl groups excluding tert-OH is 1. The molecule has 1 aromatic rings. The third-order valence-corrected chi connectivity index (χ3v) is 7.92. The summed E-state index contributed by atoms with van der Waals surface area (Å²) in [5.74, 6) is -1.69. The maximum Gasteiger partial charge on any atom is 0.330 e. The molecule has 0 bridgehead atoms. The summed E-state index contributed by atoms with van der Waals surface area (Å²) >= 11 is 5.61. The third-order valence-electron chi connectivity index (χ3n) is 5.24. The van der Waals surface area contributed by atoms with Crippen LogP contribution in [0.1, 0.15) is 40.8 Å². The van der Waals surface area contributed by atoms with Gasteiger partial charge in [-0.2, -0.15) is 0 Å². The lowest BCUT2D eigenvalue weighted by atomic mass is 10.1. The first-order valence-corrected chi connectivity index (χ1v) is 13.7. The van der Waals surface area contributed by atoms with Crippen LogP contribution in [0.5, 0.6) is 0 Å². The molecule has 2 saturated heterocycles. The van der Waals surface area contributed by atoms with Crippen LogP contribution in [0.3, 0.4) is 0 Å². The second-order valence-electron chi connectivity index (χ2n) is 8.97. The molecule has 15 heteroatoms. The number of nitrogens with zero attached hydrogens (tertiary/aromatic N) is 1. The minimum absolute atomic E-state index is 0.139. The third kappa shape index (κ3) is 6.64. The van der Waals surface area contributed by atoms with Crippen molar-refractivity contribution in [2.24, 2.45) is 0 Å².